The molecule has 0 aromatic rings. The first-order valence-corrected chi connectivity index (χ1v) is 4.79. The van der Waals surface area contributed by atoms with E-state index in [0.717, 1.165) is 18.8 Å². The third kappa shape index (κ3) is 25.7. The van der Waals surface area contributed by atoms with Gasteiger partial charge in [0.2, 0.25) is 0 Å². The van der Waals surface area contributed by atoms with E-state index in [1.165, 1.54) is 12.8 Å². The molecule has 1 heteroatoms. The van der Waals surface area contributed by atoms with Gasteiger partial charge in [0, 0.05) is 6.61 Å². The molecule has 0 amide bonds. The third-order valence-corrected chi connectivity index (χ3v) is 1.38. The van der Waals surface area contributed by atoms with Crippen LogP contribution in [0.25, 0.3) is 0 Å². The van der Waals surface area contributed by atoms with E-state index < -0.39 is 0 Å². The molecule has 1 nitrogen and oxygen atoms in total. The molecule has 0 spiro atoms. The standard InChI is InChI=1S/C6H14.C4H10O/c1-4-5-6(2)3;1-2-3-4-5/h6H,4-5H2,1-3H3;5H,2-4H2,1H3. The molecule has 0 rings (SSSR count). The number of aliphatic hydroxyl groups excluding tert-OH is 1. The summed E-state index contributed by atoms with van der Waals surface area (Å²) in [5, 5.41) is 8.07. The topological polar surface area (TPSA) is 20.2 Å². The van der Waals surface area contributed by atoms with Gasteiger partial charge in [-0.1, -0.05) is 47.0 Å². The molecule has 0 aromatic carbocycles. The average Bonchev–Trinajstić information content (AvgIpc) is 1.90. The Morgan fingerprint density at radius 2 is 1.64 bits per heavy atom. The molecular weight excluding hydrogens is 136 g/mol. The molecule has 0 bridgehead atoms. The Morgan fingerprint density at radius 1 is 1.09 bits per heavy atom. The first-order chi connectivity index (χ1) is 5.18. The second kappa shape index (κ2) is 12.6. The van der Waals surface area contributed by atoms with Crippen molar-refractivity contribution in [3.63, 3.8) is 0 Å². The molecule has 0 aliphatic carbocycles. The highest BCUT2D eigenvalue weighted by Gasteiger charge is 1.85. The summed E-state index contributed by atoms with van der Waals surface area (Å²) in [6.45, 7) is 9.12. The van der Waals surface area contributed by atoms with Crippen LogP contribution in [-0.4, -0.2) is 11.7 Å². The monoisotopic (exact) mass is 160 g/mol. The van der Waals surface area contributed by atoms with Crippen molar-refractivity contribution in [3.05, 3.63) is 0 Å². The minimum Gasteiger partial charge on any atom is -0.396 e. The van der Waals surface area contributed by atoms with Crippen molar-refractivity contribution in [1.29, 1.82) is 0 Å². The van der Waals surface area contributed by atoms with Gasteiger partial charge in [-0.05, 0) is 12.3 Å². The summed E-state index contributed by atoms with van der Waals surface area (Å²) in [5.74, 6) is 0.898. The fourth-order valence-corrected chi connectivity index (χ4v) is 0.735. The van der Waals surface area contributed by atoms with Gasteiger partial charge in [-0.3, -0.25) is 0 Å². The van der Waals surface area contributed by atoms with E-state index in [4.69, 9.17) is 5.11 Å². The Hall–Kier alpha value is -0.0400. The quantitative estimate of drug-likeness (QED) is 0.669. The van der Waals surface area contributed by atoms with Gasteiger partial charge in [-0.25, -0.2) is 0 Å². The summed E-state index contributed by atoms with van der Waals surface area (Å²) in [6, 6.07) is 0. The predicted octanol–water partition coefficient (Wildman–Crippen LogP) is 3.22. The lowest BCUT2D eigenvalue weighted by Crippen LogP contribution is -1.81. The van der Waals surface area contributed by atoms with Crippen LogP contribution in [0.5, 0.6) is 0 Å². The van der Waals surface area contributed by atoms with E-state index in [9.17, 15) is 0 Å². The van der Waals surface area contributed by atoms with Crippen molar-refractivity contribution in [3.8, 4) is 0 Å². The van der Waals surface area contributed by atoms with E-state index in [1.807, 2.05) is 0 Å². The molecule has 11 heavy (non-hydrogen) atoms. The lowest BCUT2D eigenvalue weighted by molar-refractivity contribution is 0.287. The molecule has 0 aliphatic heterocycles. The number of hydrogen-bond acceptors (Lipinski definition) is 1. The number of hydrogen-bond donors (Lipinski definition) is 1. The first kappa shape index (κ1) is 13.5. The van der Waals surface area contributed by atoms with Crippen LogP contribution in [0.2, 0.25) is 0 Å². The highest BCUT2D eigenvalue weighted by Crippen LogP contribution is 2.00. The van der Waals surface area contributed by atoms with Crippen molar-refractivity contribution < 1.29 is 5.11 Å². The molecule has 0 fully saturated rings. The normalized spacial score (nSPS) is 9.27. The Labute approximate surface area is 71.8 Å². The van der Waals surface area contributed by atoms with Gasteiger partial charge in [0.25, 0.3) is 0 Å². The van der Waals surface area contributed by atoms with E-state index in [-0.39, 0.29) is 0 Å². The Morgan fingerprint density at radius 3 is 1.64 bits per heavy atom. The van der Waals surface area contributed by atoms with Crippen LogP contribution in [0.1, 0.15) is 53.4 Å². The molecule has 70 valence electrons. The van der Waals surface area contributed by atoms with E-state index >= 15 is 0 Å². The molecular formula is C10H24O. The lowest BCUT2D eigenvalue weighted by atomic mass is 10.1. The Kier molecular flexibility index (Phi) is 15.5. The van der Waals surface area contributed by atoms with Crippen molar-refractivity contribution >= 4 is 0 Å². The van der Waals surface area contributed by atoms with Crippen molar-refractivity contribution in [2.75, 3.05) is 6.61 Å². The third-order valence-electron chi connectivity index (χ3n) is 1.38. The first-order valence-electron chi connectivity index (χ1n) is 4.79. The van der Waals surface area contributed by atoms with Crippen LogP contribution in [0, 0.1) is 5.92 Å². The van der Waals surface area contributed by atoms with Crippen molar-refractivity contribution in [2.24, 2.45) is 5.92 Å². The average molecular weight is 160 g/mol. The van der Waals surface area contributed by atoms with Crippen LogP contribution in [0.15, 0.2) is 0 Å². The Bertz CT molecular complexity index is 48.8. The fraction of sp³-hybridized carbons (Fsp3) is 1.00. The van der Waals surface area contributed by atoms with Gasteiger partial charge in [0.15, 0.2) is 0 Å². The fourth-order valence-electron chi connectivity index (χ4n) is 0.735. The maximum atomic E-state index is 8.07. The summed E-state index contributed by atoms with van der Waals surface area (Å²) >= 11 is 0. The van der Waals surface area contributed by atoms with Gasteiger partial charge in [0.1, 0.15) is 0 Å². The smallest absolute Gasteiger partial charge is 0.0430 e. The van der Waals surface area contributed by atoms with Gasteiger partial charge < -0.3 is 5.11 Å². The molecule has 0 saturated carbocycles. The largest absolute Gasteiger partial charge is 0.396 e. The number of aliphatic hydroxyl groups is 1. The van der Waals surface area contributed by atoms with Crippen molar-refractivity contribution in [2.45, 2.75) is 53.4 Å². The number of rotatable bonds is 4. The van der Waals surface area contributed by atoms with Gasteiger partial charge in [-0.15, -0.1) is 0 Å². The molecule has 1 N–H and O–H groups in total. The van der Waals surface area contributed by atoms with Crippen LogP contribution in [0.3, 0.4) is 0 Å². The summed E-state index contributed by atoms with van der Waals surface area (Å²) in [7, 11) is 0. The molecule has 0 aliphatic rings. The molecule has 0 saturated heterocycles. The molecule has 0 aromatic heterocycles. The highest BCUT2D eigenvalue weighted by atomic mass is 16.2. The lowest BCUT2D eigenvalue weighted by Gasteiger charge is -1.95. The number of unbranched alkanes of at least 4 members (excludes halogenated alkanes) is 1. The SMILES string of the molecule is CCCC(C)C.CCCCO. The molecule has 0 radical (unpaired) electrons. The van der Waals surface area contributed by atoms with E-state index in [1.54, 1.807) is 0 Å². The zero-order valence-corrected chi connectivity index (χ0v) is 8.56. The molecule has 0 heterocycles. The summed E-state index contributed by atoms with van der Waals surface area (Å²) in [4.78, 5) is 0. The zero-order valence-electron chi connectivity index (χ0n) is 8.56. The predicted molar refractivity (Wildman–Crippen MR) is 51.7 cm³/mol. The van der Waals surface area contributed by atoms with E-state index in [0.29, 0.717) is 6.61 Å². The van der Waals surface area contributed by atoms with Crippen LogP contribution in [0.4, 0.5) is 0 Å². The minimum atomic E-state index is 0.344. The summed E-state index contributed by atoms with van der Waals surface area (Å²) in [5.41, 5.74) is 0. The highest BCUT2D eigenvalue weighted by molar-refractivity contribution is 4.38. The Balaban J connectivity index is 0. The van der Waals surface area contributed by atoms with E-state index in [2.05, 4.69) is 27.7 Å². The van der Waals surface area contributed by atoms with Crippen molar-refractivity contribution in [1.82, 2.24) is 0 Å². The zero-order chi connectivity index (χ0) is 9.11. The second-order valence-corrected chi connectivity index (χ2v) is 3.26. The second-order valence-electron chi connectivity index (χ2n) is 3.26. The summed E-state index contributed by atoms with van der Waals surface area (Å²) < 4.78 is 0. The van der Waals surface area contributed by atoms with Gasteiger partial charge in [0.05, 0.1) is 0 Å². The van der Waals surface area contributed by atoms with Gasteiger partial charge >= 0.3 is 0 Å². The van der Waals surface area contributed by atoms with Crippen LogP contribution in [-0.2, 0) is 0 Å². The van der Waals surface area contributed by atoms with Crippen LogP contribution < -0.4 is 0 Å². The van der Waals surface area contributed by atoms with Crippen LogP contribution >= 0.6 is 0 Å². The minimum absolute atomic E-state index is 0.344. The summed E-state index contributed by atoms with van der Waals surface area (Å²) in [6.07, 6.45) is 4.74. The van der Waals surface area contributed by atoms with Gasteiger partial charge in [-0.2, -0.15) is 0 Å². The maximum Gasteiger partial charge on any atom is 0.0430 e. The molecule has 0 unspecified atom stereocenters. The molecule has 0 atom stereocenters. The maximum absolute atomic E-state index is 8.07.